The molecule has 0 aliphatic heterocycles. The molecule has 0 aromatic carbocycles. The average molecular weight is 458 g/mol. The molecule has 0 amide bonds. The van der Waals surface area contributed by atoms with E-state index in [2.05, 4.69) is 32.4 Å². The van der Waals surface area contributed by atoms with Crippen LogP contribution in [0.3, 0.4) is 0 Å². The van der Waals surface area contributed by atoms with E-state index in [1.165, 1.54) is 133 Å². The van der Waals surface area contributed by atoms with Crippen LogP contribution in [0.1, 0.15) is 154 Å². The van der Waals surface area contributed by atoms with Crippen molar-refractivity contribution in [3.63, 3.8) is 0 Å². The lowest BCUT2D eigenvalue weighted by atomic mass is 9.97. The number of aromatic nitrogens is 3. The maximum absolute atomic E-state index is 4.81. The Bertz CT molecular complexity index is 637. The zero-order valence-electron chi connectivity index (χ0n) is 22.7. The van der Waals surface area contributed by atoms with Gasteiger partial charge in [0.25, 0.3) is 0 Å². The monoisotopic (exact) mass is 457 g/mol. The molecule has 0 spiro atoms. The molecule has 3 heteroatoms. The standard InChI is InChI=1S/C30H55N3/c1-5-8-10-12-14-17-25(18-15-13-11-9-6-2)33-30-22-20-27-26(19-21-29(30)31-32-33)28(27)23-24(4)16-7-3/h24-28H,5-23H2,1-4H3. The highest BCUT2D eigenvalue weighted by atomic mass is 15.4. The number of nitrogens with zero attached hydrogens (tertiary/aromatic N) is 3. The number of hydrogen-bond donors (Lipinski definition) is 0. The van der Waals surface area contributed by atoms with Crippen molar-refractivity contribution >= 4 is 0 Å². The number of rotatable bonds is 17. The fraction of sp³-hybridized carbons (Fsp3) is 0.933. The van der Waals surface area contributed by atoms with Crippen LogP contribution in [0.15, 0.2) is 0 Å². The van der Waals surface area contributed by atoms with Gasteiger partial charge in [-0.15, -0.1) is 5.10 Å². The first-order chi connectivity index (χ1) is 16.2. The van der Waals surface area contributed by atoms with E-state index in [-0.39, 0.29) is 0 Å². The third kappa shape index (κ3) is 8.10. The summed E-state index contributed by atoms with van der Waals surface area (Å²) in [6.07, 6.45) is 25.7. The average Bonchev–Trinajstić information content (AvgIpc) is 3.26. The van der Waals surface area contributed by atoms with Crippen LogP contribution in [0.4, 0.5) is 0 Å². The number of unbranched alkanes of at least 4 members (excludes halogenated alkanes) is 8. The van der Waals surface area contributed by atoms with Gasteiger partial charge in [-0.3, -0.25) is 0 Å². The van der Waals surface area contributed by atoms with Crippen molar-refractivity contribution in [1.29, 1.82) is 0 Å². The second-order valence-electron chi connectivity index (χ2n) is 11.7. The Kier molecular flexibility index (Phi) is 11.8. The Balaban J connectivity index is 1.58. The minimum Gasteiger partial charge on any atom is -0.246 e. The molecule has 2 aliphatic carbocycles. The molecule has 3 rings (SSSR count). The van der Waals surface area contributed by atoms with Crippen molar-refractivity contribution in [3.8, 4) is 0 Å². The third-order valence-electron chi connectivity index (χ3n) is 8.89. The van der Waals surface area contributed by atoms with Crippen LogP contribution < -0.4 is 0 Å². The van der Waals surface area contributed by atoms with Gasteiger partial charge in [-0.05, 0) is 68.6 Å². The summed E-state index contributed by atoms with van der Waals surface area (Å²) in [6, 6.07) is 0.583. The largest absolute Gasteiger partial charge is 0.246 e. The Hall–Kier alpha value is -0.860. The van der Waals surface area contributed by atoms with Gasteiger partial charge in [0.15, 0.2) is 0 Å². The lowest BCUT2D eigenvalue weighted by Crippen LogP contribution is -2.16. The molecular weight excluding hydrogens is 402 g/mol. The van der Waals surface area contributed by atoms with Crippen LogP contribution in [-0.4, -0.2) is 15.0 Å². The molecule has 0 bridgehead atoms. The van der Waals surface area contributed by atoms with Crippen molar-refractivity contribution in [2.75, 3.05) is 0 Å². The Morgan fingerprint density at radius 3 is 1.97 bits per heavy atom. The maximum Gasteiger partial charge on any atom is 0.0859 e. The number of aryl methyl sites for hydroxylation is 1. The lowest BCUT2D eigenvalue weighted by molar-refractivity contribution is 0.349. The first-order valence-corrected chi connectivity index (χ1v) is 15.1. The first kappa shape index (κ1) is 26.7. The van der Waals surface area contributed by atoms with Gasteiger partial charge in [0.05, 0.1) is 17.4 Å². The highest BCUT2D eigenvalue weighted by Crippen LogP contribution is 2.56. The van der Waals surface area contributed by atoms with E-state index in [0.29, 0.717) is 6.04 Å². The van der Waals surface area contributed by atoms with E-state index in [1.807, 2.05) is 0 Å². The third-order valence-corrected chi connectivity index (χ3v) is 8.89. The molecule has 1 fully saturated rings. The molecule has 4 unspecified atom stereocenters. The number of hydrogen-bond acceptors (Lipinski definition) is 2. The summed E-state index contributed by atoms with van der Waals surface area (Å²) in [5.41, 5.74) is 2.87. The summed E-state index contributed by atoms with van der Waals surface area (Å²) >= 11 is 0. The van der Waals surface area contributed by atoms with Gasteiger partial charge in [0.2, 0.25) is 0 Å². The molecule has 0 radical (unpaired) electrons. The molecule has 2 aliphatic rings. The zero-order chi connectivity index (χ0) is 23.5. The molecule has 0 N–H and O–H groups in total. The van der Waals surface area contributed by atoms with Crippen molar-refractivity contribution < 1.29 is 0 Å². The van der Waals surface area contributed by atoms with Crippen LogP contribution in [0.5, 0.6) is 0 Å². The van der Waals surface area contributed by atoms with E-state index in [9.17, 15) is 0 Å². The van der Waals surface area contributed by atoms with E-state index >= 15 is 0 Å². The first-order valence-electron chi connectivity index (χ1n) is 15.1. The molecule has 33 heavy (non-hydrogen) atoms. The summed E-state index contributed by atoms with van der Waals surface area (Å²) in [5, 5.41) is 9.59. The van der Waals surface area contributed by atoms with Gasteiger partial charge in [0, 0.05) is 0 Å². The fourth-order valence-corrected chi connectivity index (χ4v) is 6.86. The van der Waals surface area contributed by atoms with Crippen molar-refractivity contribution in [2.45, 2.75) is 156 Å². The van der Waals surface area contributed by atoms with Crippen LogP contribution in [0, 0.1) is 23.7 Å². The topological polar surface area (TPSA) is 30.7 Å². The molecule has 4 atom stereocenters. The molecule has 1 saturated carbocycles. The van der Waals surface area contributed by atoms with Gasteiger partial charge < -0.3 is 0 Å². The maximum atomic E-state index is 4.81. The summed E-state index contributed by atoms with van der Waals surface area (Å²) in [7, 11) is 0. The van der Waals surface area contributed by atoms with E-state index < -0.39 is 0 Å². The normalized spacial score (nSPS) is 23.1. The van der Waals surface area contributed by atoms with Crippen LogP contribution >= 0.6 is 0 Å². The highest BCUT2D eigenvalue weighted by Gasteiger charge is 2.49. The summed E-state index contributed by atoms with van der Waals surface area (Å²) in [6.45, 7) is 9.44. The highest BCUT2D eigenvalue weighted by molar-refractivity contribution is 5.16. The summed E-state index contributed by atoms with van der Waals surface area (Å²) in [4.78, 5) is 0. The zero-order valence-corrected chi connectivity index (χ0v) is 22.7. The van der Waals surface area contributed by atoms with Gasteiger partial charge in [-0.2, -0.15) is 0 Å². The molecule has 190 valence electrons. The van der Waals surface area contributed by atoms with Gasteiger partial charge in [-0.25, -0.2) is 4.68 Å². The minimum absolute atomic E-state index is 0.583. The summed E-state index contributed by atoms with van der Waals surface area (Å²) < 4.78 is 2.44. The van der Waals surface area contributed by atoms with Crippen molar-refractivity contribution in [2.24, 2.45) is 23.7 Å². The van der Waals surface area contributed by atoms with Crippen molar-refractivity contribution in [1.82, 2.24) is 15.0 Å². The van der Waals surface area contributed by atoms with Gasteiger partial charge >= 0.3 is 0 Å². The fourth-order valence-electron chi connectivity index (χ4n) is 6.86. The van der Waals surface area contributed by atoms with Crippen LogP contribution in [0.25, 0.3) is 0 Å². The minimum atomic E-state index is 0.583. The van der Waals surface area contributed by atoms with E-state index in [1.54, 1.807) is 0 Å². The van der Waals surface area contributed by atoms with Crippen LogP contribution in [0.2, 0.25) is 0 Å². The van der Waals surface area contributed by atoms with Crippen molar-refractivity contribution in [3.05, 3.63) is 11.4 Å². The Labute approximate surface area is 205 Å². The van der Waals surface area contributed by atoms with Gasteiger partial charge in [-0.1, -0.05) is 110 Å². The molecular formula is C30H55N3. The lowest BCUT2D eigenvalue weighted by Gasteiger charge is -2.21. The Morgan fingerprint density at radius 1 is 0.758 bits per heavy atom. The van der Waals surface area contributed by atoms with E-state index in [0.717, 1.165) is 23.7 Å². The quantitative estimate of drug-likeness (QED) is 0.218. The molecule has 1 heterocycles. The molecule has 3 nitrogen and oxygen atoms in total. The molecule has 1 aromatic rings. The second-order valence-corrected chi connectivity index (χ2v) is 11.7. The van der Waals surface area contributed by atoms with Crippen LogP contribution in [-0.2, 0) is 12.8 Å². The second kappa shape index (κ2) is 14.5. The van der Waals surface area contributed by atoms with E-state index in [4.69, 9.17) is 10.3 Å². The predicted molar refractivity (Wildman–Crippen MR) is 142 cm³/mol. The SMILES string of the molecule is CCCCCCCC(CCCCCCC)n1nnc2c1CCC1C(CC2)C1CC(C)CCC. The molecule has 1 aromatic heterocycles. The predicted octanol–water partition coefficient (Wildman–Crippen LogP) is 9.11. The smallest absolute Gasteiger partial charge is 0.0859 e. The van der Waals surface area contributed by atoms with Gasteiger partial charge in [0.1, 0.15) is 0 Å². The summed E-state index contributed by atoms with van der Waals surface area (Å²) in [5.74, 6) is 3.89. The Morgan fingerprint density at radius 2 is 1.36 bits per heavy atom. The number of fused-ring (bicyclic) bond motifs is 2. The molecule has 0 saturated heterocycles.